The van der Waals surface area contributed by atoms with Crippen molar-refractivity contribution in [1.82, 2.24) is 9.21 Å². The molecule has 2 aromatic rings. The van der Waals surface area contributed by atoms with Gasteiger partial charge < -0.3 is 5.11 Å². The predicted octanol–water partition coefficient (Wildman–Crippen LogP) is 4.41. The number of alkyl halides is 6. The average Bonchev–Trinajstić information content (AvgIpc) is 3.04. The van der Waals surface area contributed by atoms with Gasteiger partial charge in [0, 0.05) is 42.8 Å². The van der Waals surface area contributed by atoms with Gasteiger partial charge in [-0.1, -0.05) is 36.4 Å². The number of aliphatic hydroxyl groups is 1. The number of hydrogen-bond acceptors (Lipinski definition) is 4. The van der Waals surface area contributed by atoms with E-state index in [9.17, 15) is 44.3 Å². The van der Waals surface area contributed by atoms with Crippen molar-refractivity contribution in [2.75, 3.05) is 19.3 Å². The molecule has 0 saturated carbocycles. The highest BCUT2D eigenvalue weighted by atomic mass is 32.2. The first-order chi connectivity index (χ1) is 16.5. The van der Waals surface area contributed by atoms with E-state index in [1.165, 1.54) is 22.7 Å². The molecule has 13 heteroatoms. The van der Waals surface area contributed by atoms with E-state index in [4.69, 9.17) is 0 Å². The molecule has 0 aliphatic carbocycles. The third kappa shape index (κ3) is 4.73. The summed E-state index contributed by atoms with van der Waals surface area (Å²) >= 11 is 0. The molecule has 2 aromatic carbocycles. The number of fused-ring (bicyclic) bond motifs is 2. The normalized spacial score (nSPS) is 22.2. The van der Waals surface area contributed by atoms with Gasteiger partial charge in [0.1, 0.15) is 5.82 Å². The molecule has 198 valence electrons. The molecule has 36 heavy (non-hydrogen) atoms. The predicted molar refractivity (Wildman–Crippen MR) is 117 cm³/mol. The van der Waals surface area contributed by atoms with Gasteiger partial charge in [0.15, 0.2) is 0 Å². The minimum Gasteiger partial charge on any atom is -0.369 e. The van der Waals surface area contributed by atoms with Crippen LogP contribution in [0, 0.1) is 5.82 Å². The third-order valence-corrected chi connectivity index (χ3v) is 8.11. The standard InChI is InChI=1S/C23H23F7N2O3S/c1-36(34,35)32-17-7-8-18(32)13-31(12-17)11-14-2-9-19(20(24)10-14)15-3-5-16(6-4-15)21(33,22(25,26)27)23(28,29)30/h2-6,9-10,17-18,33H,7-8,11-13H2,1H3. The lowest BCUT2D eigenvalue weighted by Gasteiger charge is -2.39. The molecule has 2 unspecified atom stereocenters. The number of benzene rings is 2. The second-order valence-corrected chi connectivity index (χ2v) is 11.2. The van der Waals surface area contributed by atoms with Crippen LogP contribution in [0.15, 0.2) is 42.5 Å². The maximum Gasteiger partial charge on any atom is 0.430 e. The molecule has 2 saturated heterocycles. The minimum absolute atomic E-state index is 0.0326. The molecule has 2 atom stereocenters. The van der Waals surface area contributed by atoms with Crippen LogP contribution in [0.4, 0.5) is 30.7 Å². The summed E-state index contributed by atoms with van der Waals surface area (Å²) in [6.45, 7) is 1.34. The zero-order valence-electron chi connectivity index (χ0n) is 18.9. The van der Waals surface area contributed by atoms with E-state index < -0.39 is 39.4 Å². The van der Waals surface area contributed by atoms with Gasteiger partial charge in [-0.05, 0) is 30.0 Å². The minimum atomic E-state index is -6.01. The molecular weight excluding hydrogens is 517 g/mol. The lowest BCUT2D eigenvalue weighted by Crippen LogP contribution is -2.54. The fraction of sp³-hybridized carbons (Fsp3) is 0.478. The largest absolute Gasteiger partial charge is 0.430 e. The molecule has 0 amide bonds. The Labute approximate surface area is 203 Å². The number of nitrogens with zero attached hydrogens (tertiary/aromatic N) is 2. The van der Waals surface area contributed by atoms with E-state index in [2.05, 4.69) is 0 Å². The van der Waals surface area contributed by atoms with E-state index in [1.54, 1.807) is 6.07 Å². The van der Waals surface area contributed by atoms with Gasteiger partial charge in [0.25, 0.3) is 5.60 Å². The number of piperazine rings is 1. The zero-order valence-corrected chi connectivity index (χ0v) is 19.8. The van der Waals surface area contributed by atoms with Gasteiger partial charge in [0.2, 0.25) is 10.0 Å². The fourth-order valence-corrected chi connectivity index (χ4v) is 6.58. The second-order valence-electron chi connectivity index (χ2n) is 9.27. The van der Waals surface area contributed by atoms with Crippen LogP contribution in [0.25, 0.3) is 11.1 Å². The Balaban J connectivity index is 1.51. The molecule has 0 spiro atoms. The first-order valence-corrected chi connectivity index (χ1v) is 12.8. The number of rotatable bonds is 5. The van der Waals surface area contributed by atoms with Crippen LogP contribution in [0.1, 0.15) is 24.0 Å². The Morgan fingerprint density at radius 1 is 0.917 bits per heavy atom. The Morgan fingerprint density at radius 3 is 1.89 bits per heavy atom. The quantitative estimate of drug-likeness (QED) is 0.571. The average molecular weight is 541 g/mol. The molecule has 5 nitrogen and oxygen atoms in total. The van der Waals surface area contributed by atoms with Crippen molar-refractivity contribution in [2.24, 2.45) is 0 Å². The van der Waals surface area contributed by atoms with Crippen LogP contribution in [0.2, 0.25) is 0 Å². The molecular formula is C23H23F7N2O3S. The molecule has 0 aromatic heterocycles. The molecule has 2 bridgehead atoms. The molecule has 1 N–H and O–H groups in total. The SMILES string of the molecule is CS(=O)(=O)N1C2CCC1CN(Cc1ccc(-c3ccc(C(O)(C(F)(F)F)C(F)(F)F)cc3)c(F)c1)C2. The van der Waals surface area contributed by atoms with Crippen LogP contribution in [0.3, 0.4) is 0 Å². The number of hydrogen-bond donors (Lipinski definition) is 1. The lowest BCUT2D eigenvalue weighted by molar-refractivity contribution is -0.376. The number of sulfonamides is 1. The van der Waals surface area contributed by atoms with Crippen molar-refractivity contribution in [3.05, 3.63) is 59.4 Å². The summed E-state index contributed by atoms with van der Waals surface area (Å²) in [5.41, 5.74) is -5.89. The first kappa shape index (κ1) is 26.8. The van der Waals surface area contributed by atoms with Gasteiger partial charge in [-0.25, -0.2) is 12.8 Å². The van der Waals surface area contributed by atoms with Gasteiger partial charge in [-0.2, -0.15) is 30.6 Å². The molecule has 2 aliphatic heterocycles. The van der Waals surface area contributed by atoms with Crippen molar-refractivity contribution in [2.45, 2.75) is 49.4 Å². The number of likely N-dealkylation sites (tertiary alicyclic amines) is 1. The fourth-order valence-electron chi connectivity index (χ4n) is 5.15. The monoisotopic (exact) mass is 540 g/mol. The summed E-state index contributed by atoms with van der Waals surface area (Å²) in [6, 6.07) is 6.63. The van der Waals surface area contributed by atoms with Crippen LogP contribution in [0.5, 0.6) is 0 Å². The number of halogens is 7. The second kappa shape index (κ2) is 8.96. The van der Waals surface area contributed by atoms with Crippen molar-refractivity contribution >= 4 is 10.0 Å². The van der Waals surface area contributed by atoms with Crippen molar-refractivity contribution < 1.29 is 44.3 Å². The summed E-state index contributed by atoms with van der Waals surface area (Å²) in [4.78, 5) is 2.03. The van der Waals surface area contributed by atoms with E-state index >= 15 is 0 Å². The third-order valence-electron chi connectivity index (χ3n) is 6.75. The topological polar surface area (TPSA) is 60.9 Å². The van der Waals surface area contributed by atoms with E-state index in [-0.39, 0.29) is 23.2 Å². The Bertz CT molecular complexity index is 1200. The summed E-state index contributed by atoms with van der Waals surface area (Å²) < 4.78 is 119. The molecule has 2 aliphatic rings. The molecule has 0 radical (unpaired) electrons. The highest BCUT2D eigenvalue weighted by Crippen LogP contribution is 2.50. The summed E-state index contributed by atoms with van der Waals surface area (Å²) in [6.07, 6.45) is -9.34. The maximum atomic E-state index is 14.9. The Kier molecular flexibility index (Phi) is 6.68. The van der Waals surface area contributed by atoms with Crippen molar-refractivity contribution in [3.63, 3.8) is 0 Å². The van der Waals surface area contributed by atoms with Gasteiger partial charge in [-0.15, -0.1) is 0 Å². The van der Waals surface area contributed by atoms with Crippen molar-refractivity contribution in [3.8, 4) is 11.1 Å². The summed E-state index contributed by atoms with van der Waals surface area (Å²) in [7, 11) is -3.32. The van der Waals surface area contributed by atoms with Crippen LogP contribution in [-0.4, -0.2) is 66.5 Å². The maximum absolute atomic E-state index is 14.9. The smallest absolute Gasteiger partial charge is 0.369 e. The Hall–Kier alpha value is -2.22. The van der Waals surface area contributed by atoms with E-state index in [0.717, 1.165) is 25.0 Å². The van der Waals surface area contributed by atoms with Crippen LogP contribution in [-0.2, 0) is 22.2 Å². The van der Waals surface area contributed by atoms with E-state index in [0.29, 0.717) is 37.3 Å². The van der Waals surface area contributed by atoms with Crippen LogP contribution < -0.4 is 0 Å². The summed E-state index contributed by atoms with van der Waals surface area (Å²) in [5, 5.41) is 9.50. The molecule has 2 fully saturated rings. The zero-order chi connectivity index (χ0) is 26.7. The van der Waals surface area contributed by atoms with Gasteiger partial charge >= 0.3 is 12.4 Å². The molecule has 2 heterocycles. The van der Waals surface area contributed by atoms with Crippen molar-refractivity contribution in [1.29, 1.82) is 0 Å². The summed E-state index contributed by atoms with van der Waals surface area (Å²) in [5.74, 6) is -0.722. The highest BCUT2D eigenvalue weighted by molar-refractivity contribution is 7.88. The Morgan fingerprint density at radius 2 is 1.44 bits per heavy atom. The highest BCUT2D eigenvalue weighted by Gasteiger charge is 2.71. The van der Waals surface area contributed by atoms with E-state index in [1.807, 2.05) is 4.90 Å². The van der Waals surface area contributed by atoms with Crippen LogP contribution >= 0.6 is 0 Å². The first-order valence-electron chi connectivity index (χ1n) is 11.0. The lowest BCUT2D eigenvalue weighted by atomic mass is 9.90. The van der Waals surface area contributed by atoms with Gasteiger partial charge in [-0.3, -0.25) is 4.90 Å². The molecule has 4 rings (SSSR count). The van der Waals surface area contributed by atoms with Gasteiger partial charge in [0.05, 0.1) is 6.26 Å².